The highest BCUT2D eigenvalue weighted by Crippen LogP contribution is 2.09. The van der Waals surface area contributed by atoms with E-state index in [1.165, 1.54) is 0 Å². The molecule has 2 aromatic rings. The predicted molar refractivity (Wildman–Crippen MR) is 74.3 cm³/mol. The summed E-state index contributed by atoms with van der Waals surface area (Å²) < 4.78 is 1.67. The van der Waals surface area contributed by atoms with E-state index in [9.17, 15) is 9.59 Å². The Bertz CT molecular complexity index is 674. The van der Waals surface area contributed by atoms with Crippen molar-refractivity contribution in [1.29, 1.82) is 0 Å². The molecule has 100 valence electrons. The maximum atomic E-state index is 12.3. The summed E-state index contributed by atoms with van der Waals surface area (Å²) in [5, 5.41) is 7.39. The zero-order valence-electron chi connectivity index (χ0n) is 11.3. The molecule has 0 atom stereocenters. The Labute approximate surface area is 111 Å². The molecule has 1 amide bonds. The number of nitrogens with one attached hydrogen (secondary N) is 1. The van der Waals surface area contributed by atoms with Crippen LogP contribution in [-0.4, -0.2) is 21.7 Å². The second-order valence-electron chi connectivity index (χ2n) is 4.64. The normalized spacial score (nSPS) is 10.9. The Morgan fingerprint density at radius 1 is 1.37 bits per heavy atom. The van der Waals surface area contributed by atoms with Gasteiger partial charge in [-0.25, -0.2) is 0 Å². The fourth-order valence-electron chi connectivity index (χ4n) is 1.96. The maximum Gasteiger partial charge on any atom is 0.276 e. The lowest BCUT2D eigenvalue weighted by molar-refractivity contribution is 0.0935. The number of fused-ring (bicyclic) bond motifs is 1. The van der Waals surface area contributed by atoms with Gasteiger partial charge in [-0.1, -0.05) is 12.1 Å². The smallest absolute Gasteiger partial charge is 0.276 e. The third-order valence-corrected chi connectivity index (χ3v) is 2.80. The zero-order valence-corrected chi connectivity index (χ0v) is 11.3. The second kappa shape index (κ2) is 5.22. The van der Waals surface area contributed by atoms with Crippen molar-refractivity contribution in [3.63, 3.8) is 0 Å². The van der Waals surface area contributed by atoms with Crippen LogP contribution in [0.25, 0.3) is 10.9 Å². The minimum atomic E-state index is -0.423. The van der Waals surface area contributed by atoms with Gasteiger partial charge in [-0.2, -0.15) is 5.10 Å². The molecule has 5 nitrogen and oxygen atoms in total. The van der Waals surface area contributed by atoms with Crippen molar-refractivity contribution in [3.05, 3.63) is 40.2 Å². The molecule has 0 aliphatic rings. The first-order valence-corrected chi connectivity index (χ1v) is 6.35. The Balaban J connectivity index is 2.66. The molecule has 0 aliphatic heterocycles. The maximum absolute atomic E-state index is 12.3. The van der Waals surface area contributed by atoms with Crippen molar-refractivity contribution in [3.8, 4) is 0 Å². The summed E-state index contributed by atoms with van der Waals surface area (Å²) in [6, 6.07) is 7.15. The first-order valence-electron chi connectivity index (χ1n) is 6.35. The number of rotatable bonds is 3. The van der Waals surface area contributed by atoms with Gasteiger partial charge in [-0.15, -0.1) is 0 Å². The first kappa shape index (κ1) is 13.3. The van der Waals surface area contributed by atoms with Gasteiger partial charge in [0.25, 0.3) is 5.91 Å². The van der Waals surface area contributed by atoms with Crippen molar-refractivity contribution < 1.29 is 4.79 Å². The highest BCUT2D eigenvalue weighted by Gasteiger charge is 2.17. The molecule has 0 bridgehead atoms. The summed E-state index contributed by atoms with van der Waals surface area (Å²) in [6.07, 6.45) is 0. The average molecular weight is 259 g/mol. The first-order chi connectivity index (χ1) is 9.04. The minimum Gasteiger partial charge on any atom is -0.348 e. The molecule has 1 aromatic heterocycles. The van der Waals surface area contributed by atoms with Crippen LogP contribution in [0, 0.1) is 0 Å². The fourth-order valence-corrected chi connectivity index (χ4v) is 1.96. The number of hydrogen-bond donors (Lipinski definition) is 1. The van der Waals surface area contributed by atoms with E-state index < -0.39 is 5.91 Å². The highest BCUT2D eigenvalue weighted by molar-refractivity contribution is 5.95. The van der Waals surface area contributed by atoms with E-state index in [0.717, 1.165) is 5.52 Å². The fraction of sp³-hybridized carbons (Fsp3) is 0.357. The molecule has 0 unspecified atom stereocenters. The van der Waals surface area contributed by atoms with Crippen LogP contribution >= 0.6 is 0 Å². The third-order valence-electron chi connectivity index (χ3n) is 2.80. The number of aryl methyl sites for hydroxylation is 1. The van der Waals surface area contributed by atoms with Crippen molar-refractivity contribution in [1.82, 2.24) is 15.1 Å². The third kappa shape index (κ3) is 2.50. The van der Waals surface area contributed by atoms with Gasteiger partial charge in [-0.05, 0) is 32.9 Å². The van der Waals surface area contributed by atoms with Crippen LogP contribution in [0.15, 0.2) is 29.1 Å². The summed E-state index contributed by atoms with van der Waals surface area (Å²) in [4.78, 5) is 24.3. The zero-order chi connectivity index (χ0) is 14.0. The predicted octanol–water partition coefficient (Wildman–Crippen LogP) is 1.55. The van der Waals surface area contributed by atoms with Crippen LogP contribution in [0.4, 0.5) is 0 Å². The minimum absolute atomic E-state index is 0.0322. The number of benzene rings is 1. The van der Waals surface area contributed by atoms with Crippen LogP contribution in [0.1, 0.15) is 31.3 Å². The average Bonchev–Trinajstić information content (AvgIpc) is 2.38. The molecular formula is C14H17N3O2. The van der Waals surface area contributed by atoms with Crippen LogP contribution in [0.3, 0.4) is 0 Å². The summed E-state index contributed by atoms with van der Waals surface area (Å²) >= 11 is 0. The van der Waals surface area contributed by atoms with Gasteiger partial charge in [0.05, 0.1) is 5.52 Å². The molecule has 0 saturated carbocycles. The Hall–Kier alpha value is -2.17. The molecule has 1 N–H and O–H groups in total. The molecular weight excluding hydrogens is 242 g/mol. The standard InChI is InChI=1S/C14H17N3O2/c1-4-17-11-8-6-5-7-10(11)13(18)12(16-17)14(19)15-9(2)3/h5-9H,4H2,1-3H3,(H,15,19). The summed E-state index contributed by atoms with van der Waals surface area (Å²) in [6.45, 7) is 6.21. The molecule has 5 heteroatoms. The van der Waals surface area contributed by atoms with E-state index in [2.05, 4.69) is 10.4 Å². The van der Waals surface area contributed by atoms with E-state index in [4.69, 9.17) is 0 Å². The van der Waals surface area contributed by atoms with Crippen LogP contribution in [-0.2, 0) is 6.54 Å². The lowest BCUT2D eigenvalue weighted by atomic mass is 10.2. The van der Waals surface area contributed by atoms with Gasteiger partial charge >= 0.3 is 0 Å². The topological polar surface area (TPSA) is 64.0 Å². The van der Waals surface area contributed by atoms with Crippen molar-refractivity contribution in [2.45, 2.75) is 33.4 Å². The van der Waals surface area contributed by atoms with Crippen molar-refractivity contribution >= 4 is 16.8 Å². The number of nitrogens with zero attached hydrogens (tertiary/aromatic N) is 2. The molecule has 0 spiro atoms. The molecule has 0 aliphatic carbocycles. The second-order valence-corrected chi connectivity index (χ2v) is 4.64. The molecule has 19 heavy (non-hydrogen) atoms. The van der Waals surface area contributed by atoms with Gasteiger partial charge in [0.15, 0.2) is 5.69 Å². The molecule has 2 rings (SSSR count). The van der Waals surface area contributed by atoms with Crippen LogP contribution in [0.2, 0.25) is 0 Å². The number of amides is 1. The summed E-state index contributed by atoms with van der Waals surface area (Å²) in [5.41, 5.74) is 0.379. The molecule has 0 radical (unpaired) electrons. The molecule has 0 fully saturated rings. The number of carbonyl (C=O) groups excluding carboxylic acids is 1. The van der Waals surface area contributed by atoms with E-state index in [1.54, 1.807) is 16.8 Å². The summed E-state index contributed by atoms with van der Waals surface area (Å²) in [5.74, 6) is -0.423. The Kier molecular flexibility index (Phi) is 3.64. The van der Waals surface area contributed by atoms with E-state index in [1.807, 2.05) is 32.9 Å². The molecule has 0 saturated heterocycles. The van der Waals surface area contributed by atoms with Gasteiger partial charge in [-0.3, -0.25) is 14.3 Å². The Morgan fingerprint density at radius 2 is 2.05 bits per heavy atom. The van der Waals surface area contributed by atoms with Crippen molar-refractivity contribution in [2.24, 2.45) is 0 Å². The van der Waals surface area contributed by atoms with Gasteiger partial charge in [0, 0.05) is 18.0 Å². The van der Waals surface area contributed by atoms with Gasteiger partial charge in [0.2, 0.25) is 5.43 Å². The lowest BCUT2D eigenvalue weighted by Gasteiger charge is -2.11. The quantitative estimate of drug-likeness (QED) is 0.909. The van der Waals surface area contributed by atoms with E-state index in [-0.39, 0.29) is 17.2 Å². The van der Waals surface area contributed by atoms with Crippen molar-refractivity contribution in [2.75, 3.05) is 0 Å². The SMILES string of the molecule is CCn1nc(C(=O)NC(C)C)c(=O)c2ccccc21. The molecule has 1 heterocycles. The number of carbonyl (C=O) groups is 1. The van der Waals surface area contributed by atoms with E-state index >= 15 is 0 Å². The number of para-hydroxylation sites is 1. The van der Waals surface area contributed by atoms with Crippen LogP contribution in [0.5, 0.6) is 0 Å². The highest BCUT2D eigenvalue weighted by atomic mass is 16.2. The van der Waals surface area contributed by atoms with Crippen LogP contribution < -0.4 is 10.7 Å². The number of aromatic nitrogens is 2. The number of hydrogen-bond acceptors (Lipinski definition) is 3. The van der Waals surface area contributed by atoms with E-state index in [0.29, 0.717) is 11.9 Å². The lowest BCUT2D eigenvalue weighted by Crippen LogP contribution is -2.35. The summed E-state index contributed by atoms with van der Waals surface area (Å²) in [7, 11) is 0. The van der Waals surface area contributed by atoms with Gasteiger partial charge < -0.3 is 5.32 Å². The monoisotopic (exact) mass is 259 g/mol. The molecule has 1 aromatic carbocycles. The Morgan fingerprint density at radius 3 is 2.68 bits per heavy atom. The van der Waals surface area contributed by atoms with Gasteiger partial charge in [0.1, 0.15) is 0 Å². The largest absolute Gasteiger partial charge is 0.348 e.